The van der Waals surface area contributed by atoms with Crippen LogP contribution in [0.4, 0.5) is 0 Å². The van der Waals surface area contributed by atoms with E-state index >= 15 is 0 Å². The molecule has 0 atom stereocenters. The van der Waals surface area contributed by atoms with Crippen molar-refractivity contribution < 1.29 is 0 Å². The van der Waals surface area contributed by atoms with Gasteiger partial charge in [-0.1, -0.05) is 129 Å². The lowest BCUT2D eigenvalue weighted by atomic mass is 9.87. The molecular formula is C31H56. The van der Waals surface area contributed by atoms with E-state index in [0.29, 0.717) is 0 Å². The highest BCUT2D eigenvalue weighted by Gasteiger charge is 2.11. The van der Waals surface area contributed by atoms with E-state index in [0.717, 1.165) is 0 Å². The second-order valence-corrected chi connectivity index (χ2v) is 10.1. The lowest BCUT2D eigenvalue weighted by molar-refractivity contribution is 0.592. The summed E-state index contributed by atoms with van der Waals surface area (Å²) in [5.41, 5.74) is 6.74. The number of aryl methyl sites for hydroxylation is 2. The van der Waals surface area contributed by atoms with Crippen molar-refractivity contribution in [1.29, 1.82) is 0 Å². The van der Waals surface area contributed by atoms with Gasteiger partial charge in [0.05, 0.1) is 0 Å². The largest absolute Gasteiger partial charge is 0.0654 e. The minimum absolute atomic E-state index is 1.31. The third kappa shape index (κ3) is 13.4. The first-order valence-electron chi connectivity index (χ1n) is 14.3. The third-order valence-electron chi connectivity index (χ3n) is 7.12. The molecule has 0 saturated carbocycles. The van der Waals surface area contributed by atoms with Gasteiger partial charge in [0.25, 0.3) is 0 Å². The SMILES string of the molecule is CCCCCCCCc1ccc(C)c(CCCCCCCC)c1CCCCCCCC. The van der Waals surface area contributed by atoms with Gasteiger partial charge in [0.2, 0.25) is 0 Å². The third-order valence-corrected chi connectivity index (χ3v) is 7.12. The predicted octanol–water partition coefficient (Wildman–Crippen LogP) is 10.7. The molecule has 180 valence electrons. The van der Waals surface area contributed by atoms with Gasteiger partial charge < -0.3 is 0 Å². The van der Waals surface area contributed by atoms with Gasteiger partial charge in [0, 0.05) is 0 Å². The Morgan fingerprint density at radius 2 is 0.806 bits per heavy atom. The van der Waals surface area contributed by atoms with Crippen molar-refractivity contribution in [2.75, 3.05) is 0 Å². The van der Waals surface area contributed by atoms with E-state index in [9.17, 15) is 0 Å². The van der Waals surface area contributed by atoms with Crippen LogP contribution in [0.1, 0.15) is 159 Å². The molecular weight excluding hydrogens is 372 g/mol. The van der Waals surface area contributed by atoms with Crippen LogP contribution in [0.3, 0.4) is 0 Å². The van der Waals surface area contributed by atoms with Gasteiger partial charge in [-0.25, -0.2) is 0 Å². The van der Waals surface area contributed by atoms with Crippen molar-refractivity contribution in [3.63, 3.8) is 0 Å². The van der Waals surface area contributed by atoms with Crippen LogP contribution in [-0.2, 0) is 19.3 Å². The van der Waals surface area contributed by atoms with E-state index in [1.807, 2.05) is 0 Å². The minimum Gasteiger partial charge on any atom is -0.0654 e. The Labute approximate surface area is 197 Å². The summed E-state index contributed by atoms with van der Waals surface area (Å²) in [7, 11) is 0. The standard InChI is InChI=1S/C31H56/c1-5-8-11-14-17-20-23-29-27-26-28(4)30(24-21-18-15-12-9-6-2)31(29)25-22-19-16-13-10-7-3/h26-27H,5-25H2,1-4H3. The first kappa shape index (κ1) is 28.3. The monoisotopic (exact) mass is 428 g/mol. The Bertz CT molecular complexity index is 527. The number of benzene rings is 1. The zero-order valence-corrected chi connectivity index (χ0v) is 22.0. The Balaban J connectivity index is 2.67. The lowest BCUT2D eigenvalue weighted by Gasteiger charge is -2.18. The van der Waals surface area contributed by atoms with Crippen LogP contribution < -0.4 is 0 Å². The predicted molar refractivity (Wildman–Crippen MR) is 142 cm³/mol. The van der Waals surface area contributed by atoms with Gasteiger partial charge in [-0.05, 0) is 67.7 Å². The van der Waals surface area contributed by atoms with Crippen LogP contribution >= 0.6 is 0 Å². The van der Waals surface area contributed by atoms with E-state index in [-0.39, 0.29) is 0 Å². The minimum atomic E-state index is 1.31. The summed E-state index contributed by atoms with van der Waals surface area (Å²) in [6, 6.07) is 4.92. The molecule has 0 nitrogen and oxygen atoms in total. The summed E-state index contributed by atoms with van der Waals surface area (Å²) in [4.78, 5) is 0. The summed E-state index contributed by atoms with van der Waals surface area (Å²) >= 11 is 0. The van der Waals surface area contributed by atoms with Crippen molar-refractivity contribution in [2.45, 2.75) is 163 Å². The van der Waals surface area contributed by atoms with Gasteiger partial charge in [0.1, 0.15) is 0 Å². The highest BCUT2D eigenvalue weighted by molar-refractivity contribution is 5.41. The van der Waals surface area contributed by atoms with Gasteiger partial charge in [-0.2, -0.15) is 0 Å². The fourth-order valence-corrected chi connectivity index (χ4v) is 5.01. The fraction of sp³-hybridized carbons (Fsp3) is 0.806. The normalized spacial score (nSPS) is 11.4. The lowest BCUT2D eigenvalue weighted by Crippen LogP contribution is -2.04. The molecule has 31 heavy (non-hydrogen) atoms. The molecule has 1 aromatic carbocycles. The smallest absolute Gasteiger partial charge is 0.0273 e. The number of unbranched alkanes of at least 4 members (excludes halogenated alkanes) is 15. The maximum absolute atomic E-state index is 2.48. The average Bonchev–Trinajstić information content (AvgIpc) is 2.77. The van der Waals surface area contributed by atoms with Crippen molar-refractivity contribution in [3.05, 3.63) is 34.4 Å². The second-order valence-electron chi connectivity index (χ2n) is 10.1. The molecule has 0 heterocycles. The highest BCUT2D eigenvalue weighted by atomic mass is 14.2. The molecule has 0 aliphatic carbocycles. The van der Waals surface area contributed by atoms with Gasteiger partial charge in [0.15, 0.2) is 0 Å². The zero-order valence-electron chi connectivity index (χ0n) is 22.0. The van der Waals surface area contributed by atoms with Gasteiger partial charge >= 0.3 is 0 Å². The van der Waals surface area contributed by atoms with E-state index < -0.39 is 0 Å². The maximum atomic E-state index is 2.48. The summed E-state index contributed by atoms with van der Waals surface area (Å²) < 4.78 is 0. The van der Waals surface area contributed by atoms with Crippen molar-refractivity contribution in [3.8, 4) is 0 Å². The molecule has 0 spiro atoms. The molecule has 0 aliphatic heterocycles. The van der Waals surface area contributed by atoms with Crippen LogP contribution in [0.15, 0.2) is 12.1 Å². The maximum Gasteiger partial charge on any atom is -0.0273 e. The molecule has 0 N–H and O–H groups in total. The van der Waals surface area contributed by atoms with Gasteiger partial charge in [-0.3, -0.25) is 0 Å². The van der Waals surface area contributed by atoms with E-state index in [1.54, 1.807) is 22.3 Å². The number of rotatable bonds is 21. The van der Waals surface area contributed by atoms with Crippen molar-refractivity contribution in [2.24, 2.45) is 0 Å². The summed E-state index contributed by atoms with van der Waals surface area (Å²) in [5, 5.41) is 0. The number of hydrogen-bond donors (Lipinski definition) is 0. The fourth-order valence-electron chi connectivity index (χ4n) is 5.01. The summed E-state index contributed by atoms with van der Waals surface area (Å²) in [5.74, 6) is 0. The Kier molecular flexibility index (Phi) is 18.1. The molecule has 0 heteroatoms. The van der Waals surface area contributed by atoms with E-state index in [4.69, 9.17) is 0 Å². The molecule has 0 aromatic heterocycles. The molecule has 1 aromatic rings. The van der Waals surface area contributed by atoms with Crippen LogP contribution in [0.25, 0.3) is 0 Å². The Hall–Kier alpha value is -0.780. The Morgan fingerprint density at radius 1 is 0.419 bits per heavy atom. The molecule has 0 fully saturated rings. The molecule has 1 rings (SSSR count). The van der Waals surface area contributed by atoms with Crippen LogP contribution in [0, 0.1) is 6.92 Å². The molecule has 0 unspecified atom stereocenters. The molecule has 0 bridgehead atoms. The van der Waals surface area contributed by atoms with E-state index in [2.05, 4.69) is 39.8 Å². The summed E-state index contributed by atoms with van der Waals surface area (Å²) in [6.45, 7) is 9.31. The molecule has 0 aliphatic rings. The van der Waals surface area contributed by atoms with Crippen LogP contribution in [0.5, 0.6) is 0 Å². The summed E-state index contributed by atoms with van der Waals surface area (Å²) in [6.07, 6.45) is 29.2. The van der Waals surface area contributed by atoms with E-state index in [1.165, 1.54) is 135 Å². The second kappa shape index (κ2) is 19.9. The quantitative estimate of drug-likeness (QED) is 0.171. The number of hydrogen-bond acceptors (Lipinski definition) is 0. The molecule has 0 radical (unpaired) electrons. The highest BCUT2D eigenvalue weighted by Crippen LogP contribution is 2.26. The van der Waals surface area contributed by atoms with Crippen LogP contribution in [0.2, 0.25) is 0 Å². The average molecular weight is 429 g/mol. The van der Waals surface area contributed by atoms with Gasteiger partial charge in [-0.15, -0.1) is 0 Å². The van der Waals surface area contributed by atoms with Crippen molar-refractivity contribution >= 4 is 0 Å². The van der Waals surface area contributed by atoms with Crippen molar-refractivity contribution in [1.82, 2.24) is 0 Å². The molecule has 0 saturated heterocycles. The molecule has 0 amide bonds. The zero-order chi connectivity index (χ0) is 22.6. The first-order valence-corrected chi connectivity index (χ1v) is 14.3. The van der Waals surface area contributed by atoms with Crippen LogP contribution in [-0.4, -0.2) is 0 Å². The first-order chi connectivity index (χ1) is 15.2. The topological polar surface area (TPSA) is 0 Å². The Morgan fingerprint density at radius 3 is 1.29 bits per heavy atom.